The molecule has 2 bridgehead atoms. The number of likely N-dealkylation sites (tertiary alicyclic amines) is 1. The summed E-state index contributed by atoms with van der Waals surface area (Å²) in [4.78, 5) is 7.92. The van der Waals surface area contributed by atoms with E-state index in [1.807, 2.05) is 0 Å². The van der Waals surface area contributed by atoms with Gasteiger partial charge < -0.3 is 4.90 Å². The average Bonchev–Trinajstić information content (AvgIpc) is 2.87. The topological polar surface area (TPSA) is 9.72 Å². The van der Waals surface area contributed by atoms with Gasteiger partial charge in [0.1, 0.15) is 0 Å². The van der Waals surface area contributed by atoms with Crippen molar-refractivity contribution in [1.82, 2.24) is 9.80 Å². The van der Waals surface area contributed by atoms with Crippen LogP contribution < -0.4 is 4.90 Å². The molecule has 2 atom stereocenters. The average molecular weight is 328 g/mol. The lowest BCUT2D eigenvalue weighted by Crippen LogP contribution is -2.48. The number of fused-ring (bicyclic) bond motifs is 5. The fourth-order valence-electron chi connectivity index (χ4n) is 5.11. The van der Waals surface area contributed by atoms with Crippen molar-refractivity contribution in [3.05, 3.63) is 29.3 Å². The number of nitrogens with zero attached hydrogens (tertiary/aromatic N) is 3. The summed E-state index contributed by atoms with van der Waals surface area (Å²) in [5.74, 6) is 0.812. The summed E-state index contributed by atoms with van der Waals surface area (Å²) in [6, 6.07) is 9.37. The first-order chi connectivity index (χ1) is 11.5. The van der Waals surface area contributed by atoms with Gasteiger partial charge in [-0.05, 0) is 76.3 Å². The van der Waals surface area contributed by atoms with Crippen LogP contribution in [0.2, 0.25) is 0 Å². The minimum atomic E-state index is 0.653. The number of rotatable bonds is 3. The van der Waals surface area contributed by atoms with Gasteiger partial charge in [0.15, 0.2) is 0 Å². The maximum Gasteiger partial charge on any atom is 0.0370 e. The lowest BCUT2D eigenvalue weighted by atomic mass is 9.95. The van der Waals surface area contributed by atoms with Gasteiger partial charge in [0.2, 0.25) is 0 Å². The Kier molecular flexibility index (Phi) is 4.34. The predicted octanol–water partition coefficient (Wildman–Crippen LogP) is 3.86. The van der Waals surface area contributed by atoms with Gasteiger partial charge in [-0.1, -0.05) is 6.07 Å². The molecule has 24 heavy (non-hydrogen) atoms. The van der Waals surface area contributed by atoms with Crippen molar-refractivity contribution >= 4 is 5.69 Å². The summed E-state index contributed by atoms with van der Waals surface area (Å²) < 4.78 is 0. The molecule has 132 valence electrons. The Morgan fingerprint density at radius 1 is 0.875 bits per heavy atom. The Labute approximate surface area is 147 Å². The summed E-state index contributed by atoms with van der Waals surface area (Å²) in [6.45, 7) is 15.3. The molecule has 4 rings (SSSR count). The second kappa shape index (κ2) is 6.34. The maximum atomic E-state index is 2.73. The fourth-order valence-corrected chi connectivity index (χ4v) is 5.11. The zero-order valence-corrected chi connectivity index (χ0v) is 15.8. The van der Waals surface area contributed by atoms with Gasteiger partial charge in [-0.3, -0.25) is 9.80 Å². The highest BCUT2D eigenvalue weighted by atomic mass is 15.3. The Bertz CT molecular complexity index is 587. The van der Waals surface area contributed by atoms with Crippen molar-refractivity contribution in [2.45, 2.75) is 64.6 Å². The molecule has 3 heteroatoms. The highest BCUT2D eigenvalue weighted by molar-refractivity contribution is 5.55. The van der Waals surface area contributed by atoms with Gasteiger partial charge in [0.05, 0.1) is 0 Å². The van der Waals surface area contributed by atoms with Crippen LogP contribution in [0.15, 0.2) is 18.2 Å². The zero-order chi connectivity index (χ0) is 16.8. The van der Waals surface area contributed by atoms with Crippen molar-refractivity contribution in [3.8, 4) is 0 Å². The molecule has 0 amide bonds. The fraction of sp³-hybridized carbons (Fsp3) is 0.714. The van der Waals surface area contributed by atoms with E-state index in [1.54, 1.807) is 11.1 Å². The largest absolute Gasteiger partial charge is 0.369 e. The highest BCUT2D eigenvalue weighted by Gasteiger charge is 2.39. The van der Waals surface area contributed by atoms with E-state index in [9.17, 15) is 0 Å². The van der Waals surface area contributed by atoms with Gasteiger partial charge in [-0.2, -0.15) is 0 Å². The van der Waals surface area contributed by atoms with Crippen LogP contribution in [0.3, 0.4) is 0 Å². The molecule has 0 saturated carbocycles. The number of piperazine rings is 1. The molecule has 1 aromatic rings. The molecule has 0 N–H and O–H groups in total. The molecule has 1 aromatic carbocycles. The Morgan fingerprint density at radius 3 is 2.29 bits per heavy atom. The van der Waals surface area contributed by atoms with Gasteiger partial charge >= 0.3 is 0 Å². The molecular weight excluding hydrogens is 294 g/mol. The van der Waals surface area contributed by atoms with Crippen LogP contribution in [-0.4, -0.2) is 54.6 Å². The lowest BCUT2D eigenvalue weighted by Gasteiger charge is -2.39. The monoisotopic (exact) mass is 327 g/mol. The van der Waals surface area contributed by atoms with Gasteiger partial charge in [0.25, 0.3) is 0 Å². The normalized spacial score (nSPS) is 28.0. The van der Waals surface area contributed by atoms with Crippen LogP contribution >= 0.6 is 0 Å². The van der Waals surface area contributed by atoms with E-state index in [0.29, 0.717) is 18.1 Å². The molecule has 0 unspecified atom stereocenters. The molecule has 2 aliphatic heterocycles. The summed E-state index contributed by atoms with van der Waals surface area (Å²) in [6.07, 6.45) is 2.69. The van der Waals surface area contributed by atoms with Crippen LogP contribution in [-0.2, 0) is 0 Å². The van der Waals surface area contributed by atoms with Crippen LogP contribution in [0.25, 0.3) is 0 Å². The van der Waals surface area contributed by atoms with E-state index < -0.39 is 0 Å². The van der Waals surface area contributed by atoms with Crippen molar-refractivity contribution in [2.75, 3.05) is 37.6 Å². The minimum Gasteiger partial charge on any atom is -0.369 e. The quantitative estimate of drug-likeness (QED) is 0.835. The first-order valence-electron chi connectivity index (χ1n) is 9.93. The van der Waals surface area contributed by atoms with Crippen LogP contribution in [0, 0.1) is 0 Å². The van der Waals surface area contributed by atoms with Crippen molar-refractivity contribution in [2.24, 2.45) is 0 Å². The summed E-state index contributed by atoms with van der Waals surface area (Å²) in [5.41, 5.74) is 4.73. The molecule has 1 aliphatic carbocycles. The van der Waals surface area contributed by atoms with E-state index >= 15 is 0 Å². The smallest absolute Gasteiger partial charge is 0.0370 e. The molecule has 3 nitrogen and oxygen atoms in total. The molecule has 2 saturated heterocycles. The van der Waals surface area contributed by atoms with E-state index in [2.05, 4.69) is 60.6 Å². The maximum absolute atomic E-state index is 2.73. The number of hydrogen-bond acceptors (Lipinski definition) is 3. The van der Waals surface area contributed by atoms with E-state index in [1.165, 1.54) is 51.3 Å². The van der Waals surface area contributed by atoms with Crippen LogP contribution in [0.5, 0.6) is 0 Å². The van der Waals surface area contributed by atoms with E-state index in [4.69, 9.17) is 0 Å². The second-order valence-electron chi connectivity index (χ2n) is 8.50. The van der Waals surface area contributed by atoms with Crippen molar-refractivity contribution in [3.63, 3.8) is 0 Å². The summed E-state index contributed by atoms with van der Waals surface area (Å²) in [7, 11) is 0. The molecule has 3 aliphatic rings. The van der Waals surface area contributed by atoms with E-state index in [-0.39, 0.29) is 0 Å². The molecule has 0 spiro atoms. The van der Waals surface area contributed by atoms with Gasteiger partial charge in [0, 0.05) is 50.0 Å². The third kappa shape index (κ3) is 2.76. The van der Waals surface area contributed by atoms with Crippen LogP contribution in [0.4, 0.5) is 5.69 Å². The zero-order valence-electron chi connectivity index (χ0n) is 15.8. The van der Waals surface area contributed by atoms with Crippen LogP contribution in [0.1, 0.15) is 63.6 Å². The summed E-state index contributed by atoms with van der Waals surface area (Å²) >= 11 is 0. The third-order valence-electron chi connectivity index (χ3n) is 6.59. The van der Waals surface area contributed by atoms with Gasteiger partial charge in [-0.15, -0.1) is 0 Å². The SMILES string of the molecule is CC(C)N1CCN(c2ccc3c(c2)[C@@H]2C[C@H]3CCN2C(C)C)CC1. The summed E-state index contributed by atoms with van der Waals surface area (Å²) in [5, 5.41) is 0. The molecule has 2 heterocycles. The number of piperidine rings is 1. The third-order valence-corrected chi connectivity index (χ3v) is 6.59. The first-order valence-corrected chi connectivity index (χ1v) is 9.93. The Hall–Kier alpha value is -1.06. The van der Waals surface area contributed by atoms with Crippen molar-refractivity contribution < 1.29 is 0 Å². The second-order valence-corrected chi connectivity index (χ2v) is 8.50. The Balaban J connectivity index is 1.55. The lowest BCUT2D eigenvalue weighted by molar-refractivity contribution is 0.116. The molecular formula is C21H33N3. The molecule has 0 radical (unpaired) electrons. The first kappa shape index (κ1) is 16.4. The standard InChI is InChI=1S/C21H33N3/c1-15(2)22-9-11-23(12-10-22)18-5-6-19-17-7-8-24(16(3)4)21(13-17)20(19)14-18/h5-6,14-17,21H,7-13H2,1-4H3/t17-,21+/m1/s1. The highest BCUT2D eigenvalue weighted by Crippen LogP contribution is 2.50. The number of anilines is 1. The predicted molar refractivity (Wildman–Crippen MR) is 102 cm³/mol. The van der Waals surface area contributed by atoms with E-state index in [0.717, 1.165) is 5.92 Å². The van der Waals surface area contributed by atoms with Crippen molar-refractivity contribution in [1.29, 1.82) is 0 Å². The molecule has 2 fully saturated rings. The molecule has 0 aromatic heterocycles. The number of benzene rings is 1. The minimum absolute atomic E-state index is 0.653. The Morgan fingerprint density at radius 2 is 1.62 bits per heavy atom. The number of hydrogen-bond donors (Lipinski definition) is 0. The van der Waals surface area contributed by atoms with Gasteiger partial charge in [-0.25, -0.2) is 0 Å².